The number of β-amino-alcohol motifs (C(OH)–C–C–N with tert-alkyl or cyclic N) is 1. The summed E-state index contributed by atoms with van der Waals surface area (Å²) in [4.78, 5) is 14.4. The third kappa shape index (κ3) is 6.76. The second-order valence-electron chi connectivity index (χ2n) is 6.43. The van der Waals surface area contributed by atoms with Crippen LogP contribution < -0.4 is 5.32 Å². The van der Waals surface area contributed by atoms with Crippen LogP contribution in [-0.2, 0) is 9.53 Å². The van der Waals surface area contributed by atoms with Gasteiger partial charge in [-0.15, -0.1) is 0 Å². The molecular formula is C16H32N2O3. The molecule has 1 aliphatic heterocycles. The maximum Gasteiger partial charge on any atom is 0.223 e. The molecule has 0 saturated carbocycles. The predicted molar refractivity (Wildman–Crippen MR) is 84.1 cm³/mol. The Kier molecular flexibility index (Phi) is 8.22. The van der Waals surface area contributed by atoms with Crippen LogP contribution in [-0.4, -0.2) is 60.9 Å². The lowest BCUT2D eigenvalue weighted by Crippen LogP contribution is -2.46. The van der Waals surface area contributed by atoms with Crippen molar-refractivity contribution in [3.05, 3.63) is 0 Å². The number of hydrogen-bond acceptors (Lipinski definition) is 4. The summed E-state index contributed by atoms with van der Waals surface area (Å²) < 4.78 is 5.22. The summed E-state index contributed by atoms with van der Waals surface area (Å²) in [5.74, 6) is 0.764. The molecule has 1 saturated heterocycles. The van der Waals surface area contributed by atoms with Crippen molar-refractivity contribution >= 4 is 5.91 Å². The van der Waals surface area contributed by atoms with E-state index < -0.39 is 6.10 Å². The molecule has 124 valence electrons. The van der Waals surface area contributed by atoms with Gasteiger partial charge in [-0.3, -0.25) is 4.79 Å². The molecule has 0 spiro atoms. The fraction of sp³-hybridized carbons (Fsp3) is 0.938. The smallest absolute Gasteiger partial charge is 0.223 e. The standard InChI is InChI=1S/C16H32N2O3/c1-5-21-11-15(19)10-18-8-6-14(7-9-18)16(20)17-13(4)12(2)3/h12-15,19H,5-11H2,1-4H3,(H,17,20). The highest BCUT2D eigenvalue weighted by Gasteiger charge is 2.26. The number of aliphatic hydroxyl groups is 1. The first-order valence-electron chi connectivity index (χ1n) is 8.22. The van der Waals surface area contributed by atoms with Crippen molar-refractivity contribution in [2.75, 3.05) is 32.8 Å². The minimum absolute atomic E-state index is 0.117. The molecule has 1 aliphatic rings. The van der Waals surface area contributed by atoms with Crippen LogP contribution in [0.25, 0.3) is 0 Å². The van der Waals surface area contributed by atoms with E-state index in [1.807, 2.05) is 6.92 Å². The van der Waals surface area contributed by atoms with Crippen LogP contribution in [0.1, 0.15) is 40.5 Å². The van der Waals surface area contributed by atoms with Crippen LogP contribution in [0.15, 0.2) is 0 Å². The molecule has 21 heavy (non-hydrogen) atoms. The minimum Gasteiger partial charge on any atom is -0.389 e. The van der Waals surface area contributed by atoms with Crippen molar-refractivity contribution in [1.29, 1.82) is 0 Å². The molecule has 5 heteroatoms. The third-order valence-corrected chi connectivity index (χ3v) is 4.31. The number of aliphatic hydroxyl groups excluding tert-OH is 1. The highest BCUT2D eigenvalue weighted by molar-refractivity contribution is 5.79. The summed E-state index contributed by atoms with van der Waals surface area (Å²) in [6, 6.07) is 0.226. The molecule has 1 fully saturated rings. The van der Waals surface area contributed by atoms with Crippen molar-refractivity contribution in [2.45, 2.75) is 52.7 Å². The number of rotatable bonds is 8. The molecule has 0 aromatic rings. The second-order valence-corrected chi connectivity index (χ2v) is 6.43. The summed E-state index contributed by atoms with van der Waals surface area (Å²) in [6.45, 7) is 11.6. The largest absolute Gasteiger partial charge is 0.389 e. The van der Waals surface area contributed by atoms with E-state index in [4.69, 9.17) is 4.74 Å². The number of carbonyl (C=O) groups is 1. The van der Waals surface area contributed by atoms with E-state index in [0.29, 0.717) is 25.7 Å². The molecule has 1 amide bonds. The maximum absolute atomic E-state index is 12.2. The molecule has 0 aliphatic carbocycles. The van der Waals surface area contributed by atoms with Gasteiger partial charge < -0.3 is 20.1 Å². The molecular weight excluding hydrogens is 268 g/mol. The van der Waals surface area contributed by atoms with Gasteiger partial charge >= 0.3 is 0 Å². The first kappa shape index (κ1) is 18.4. The van der Waals surface area contributed by atoms with Crippen molar-refractivity contribution in [3.63, 3.8) is 0 Å². The van der Waals surface area contributed by atoms with E-state index in [9.17, 15) is 9.90 Å². The Bertz CT molecular complexity index is 302. The SMILES string of the molecule is CCOCC(O)CN1CCC(C(=O)NC(C)C(C)C)CC1. The van der Waals surface area contributed by atoms with Gasteiger partial charge in [-0.25, -0.2) is 0 Å². The van der Waals surface area contributed by atoms with Gasteiger partial charge in [0.15, 0.2) is 0 Å². The number of hydrogen-bond donors (Lipinski definition) is 2. The lowest BCUT2D eigenvalue weighted by atomic mass is 9.94. The molecule has 2 N–H and O–H groups in total. The van der Waals surface area contributed by atoms with Gasteiger partial charge in [0, 0.05) is 25.1 Å². The van der Waals surface area contributed by atoms with E-state index in [0.717, 1.165) is 25.9 Å². The van der Waals surface area contributed by atoms with Gasteiger partial charge in [0.25, 0.3) is 0 Å². The average Bonchev–Trinajstić information content (AvgIpc) is 2.45. The molecule has 1 heterocycles. The van der Waals surface area contributed by atoms with Crippen LogP contribution in [0.2, 0.25) is 0 Å². The lowest BCUT2D eigenvalue weighted by molar-refractivity contribution is -0.127. The number of nitrogens with zero attached hydrogens (tertiary/aromatic N) is 1. The molecule has 2 unspecified atom stereocenters. The zero-order chi connectivity index (χ0) is 15.8. The molecule has 5 nitrogen and oxygen atoms in total. The Labute approximate surface area is 129 Å². The van der Waals surface area contributed by atoms with E-state index in [2.05, 4.69) is 31.0 Å². The normalized spacial score (nSPS) is 20.5. The topological polar surface area (TPSA) is 61.8 Å². The Hall–Kier alpha value is -0.650. The molecule has 0 radical (unpaired) electrons. The zero-order valence-electron chi connectivity index (χ0n) is 14.0. The van der Waals surface area contributed by atoms with Gasteiger partial charge in [0.1, 0.15) is 0 Å². The molecule has 1 rings (SSSR count). The van der Waals surface area contributed by atoms with E-state index in [1.54, 1.807) is 0 Å². The van der Waals surface area contributed by atoms with Gasteiger partial charge in [-0.05, 0) is 45.7 Å². The quantitative estimate of drug-likeness (QED) is 0.708. The summed E-state index contributed by atoms with van der Waals surface area (Å²) in [5, 5.41) is 12.9. The molecule has 0 aromatic carbocycles. The Morgan fingerprint density at radius 1 is 1.33 bits per heavy atom. The first-order chi connectivity index (χ1) is 9.93. The van der Waals surface area contributed by atoms with E-state index in [1.165, 1.54) is 0 Å². The molecule has 0 aromatic heterocycles. The third-order valence-electron chi connectivity index (χ3n) is 4.31. The van der Waals surface area contributed by atoms with E-state index >= 15 is 0 Å². The number of ether oxygens (including phenoxy) is 1. The summed E-state index contributed by atoms with van der Waals surface area (Å²) in [6.07, 6.45) is 1.31. The monoisotopic (exact) mass is 300 g/mol. The van der Waals surface area contributed by atoms with Crippen LogP contribution in [0, 0.1) is 11.8 Å². The van der Waals surface area contributed by atoms with Gasteiger partial charge in [-0.1, -0.05) is 13.8 Å². The van der Waals surface area contributed by atoms with Crippen LogP contribution in [0.3, 0.4) is 0 Å². The van der Waals surface area contributed by atoms with Crippen molar-refractivity contribution in [2.24, 2.45) is 11.8 Å². The first-order valence-corrected chi connectivity index (χ1v) is 8.22. The fourth-order valence-corrected chi connectivity index (χ4v) is 2.49. The molecule has 0 bridgehead atoms. The Morgan fingerprint density at radius 3 is 2.48 bits per heavy atom. The van der Waals surface area contributed by atoms with Crippen molar-refractivity contribution in [1.82, 2.24) is 10.2 Å². The van der Waals surface area contributed by atoms with Gasteiger partial charge in [0.05, 0.1) is 12.7 Å². The van der Waals surface area contributed by atoms with Gasteiger partial charge in [-0.2, -0.15) is 0 Å². The highest BCUT2D eigenvalue weighted by atomic mass is 16.5. The van der Waals surface area contributed by atoms with E-state index in [-0.39, 0.29) is 17.9 Å². The zero-order valence-corrected chi connectivity index (χ0v) is 14.0. The van der Waals surface area contributed by atoms with Gasteiger partial charge in [0.2, 0.25) is 5.91 Å². The average molecular weight is 300 g/mol. The number of piperidine rings is 1. The summed E-state index contributed by atoms with van der Waals surface area (Å²) in [7, 11) is 0. The van der Waals surface area contributed by atoms with Crippen molar-refractivity contribution in [3.8, 4) is 0 Å². The lowest BCUT2D eigenvalue weighted by Gasteiger charge is -2.33. The number of likely N-dealkylation sites (tertiary alicyclic amines) is 1. The Morgan fingerprint density at radius 2 is 1.95 bits per heavy atom. The predicted octanol–water partition coefficient (Wildman–Crippen LogP) is 1.26. The van der Waals surface area contributed by atoms with Crippen LogP contribution >= 0.6 is 0 Å². The Balaban J connectivity index is 2.26. The number of carbonyl (C=O) groups excluding carboxylic acids is 1. The minimum atomic E-state index is -0.434. The fourth-order valence-electron chi connectivity index (χ4n) is 2.49. The number of amides is 1. The second kappa shape index (κ2) is 9.38. The molecule has 2 atom stereocenters. The number of nitrogens with one attached hydrogen (secondary N) is 1. The van der Waals surface area contributed by atoms with Crippen LogP contribution in [0.5, 0.6) is 0 Å². The summed E-state index contributed by atoms with van der Waals surface area (Å²) in [5.41, 5.74) is 0. The highest BCUT2D eigenvalue weighted by Crippen LogP contribution is 2.18. The maximum atomic E-state index is 12.2. The summed E-state index contributed by atoms with van der Waals surface area (Å²) >= 11 is 0. The van der Waals surface area contributed by atoms with Crippen LogP contribution in [0.4, 0.5) is 0 Å². The van der Waals surface area contributed by atoms with Crippen molar-refractivity contribution < 1.29 is 14.6 Å².